The van der Waals surface area contributed by atoms with E-state index >= 15 is 0 Å². The number of benzene rings is 1. The lowest BCUT2D eigenvalue weighted by Gasteiger charge is -2.14. The number of anilines is 2. The third-order valence-corrected chi connectivity index (χ3v) is 4.90. The largest absolute Gasteiger partial charge is 0.374 e. The minimum absolute atomic E-state index is 0.0376. The number of para-hydroxylation sites is 1. The molecule has 0 aliphatic rings. The SMILES string of the molecule is CCc1cccc(CC)c1NC(=O)CSc1nnc(N)s1. The van der Waals surface area contributed by atoms with Crippen molar-refractivity contribution in [2.24, 2.45) is 0 Å². The number of carbonyl (C=O) groups excluding carboxylic acids is 1. The van der Waals surface area contributed by atoms with Crippen molar-refractivity contribution in [2.75, 3.05) is 16.8 Å². The standard InChI is InChI=1S/C14H18N4OS2/c1-3-9-6-5-7-10(4-2)12(9)16-11(19)8-20-14-18-17-13(15)21-14/h5-7H,3-4,8H2,1-2H3,(H2,15,17)(H,16,19). The molecule has 0 radical (unpaired) electrons. The Morgan fingerprint density at radius 2 is 1.95 bits per heavy atom. The van der Waals surface area contributed by atoms with Crippen molar-refractivity contribution in [3.8, 4) is 0 Å². The topological polar surface area (TPSA) is 80.9 Å². The van der Waals surface area contributed by atoms with Gasteiger partial charge in [-0.05, 0) is 24.0 Å². The molecule has 0 saturated carbocycles. The predicted octanol–water partition coefficient (Wildman–Crippen LogP) is 2.98. The highest BCUT2D eigenvalue weighted by Gasteiger charge is 2.11. The van der Waals surface area contributed by atoms with Crippen LogP contribution < -0.4 is 11.1 Å². The van der Waals surface area contributed by atoms with Gasteiger partial charge in [-0.3, -0.25) is 4.79 Å². The molecule has 0 spiro atoms. The highest BCUT2D eigenvalue weighted by Crippen LogP contribution is 2.25. The molecule has 1 aromatic heterocycles. The Hall–Kier alpha value is -1.60. The summed E-state index contributed by atoms with van der Waals surface area (Å²) in [4.78, 5) is 12.1. The van der Waals surface area contributed by atoms with Gasteiger partial charge in [0.05, 0.1) is 5.75 Å². The molecule has 0 atom stereocenters. The van der Waals surface area contributed by atoms with Crippen molar-refractivity contribution in [1.82, 2.24) is 10.2 Å². The normalized spacial score (nSPS) is 10.6. The van der Waals surface area contributed by atoms with Crippen LogP contribution in [0.1, 0.15) is 25.0 Å². The fourth-order valence-corrected chi connectivity index (χ4v) is 3.42. The van der Waals surface area contributed by atoms with Crippen LogP contribution in [-0.4, -0.2) is 21.9 Å². The van der Waals surface area contributed by atoms with Crippen molar-refractivity contribution < 1.29 is 4.79 Å². The third kappa shape index (κ3) is 4.18. The van der Waals surface area contributed by atoms with Crippen molar-refractivity contribution in [3.05, 3.63) is 29.3 Å². The average Bonchev–Trinajstić information content (AvgIpc) is 2.91. The van der Waals surface area contributed by atoms with Gasteiger partial charge in [-0.25, -0.2) is 0 Å². The number of nitrogens with one attached hydrogen (secondary N) is 1. The summed E-state index contributed by atoms with van der Waals surface area (Å²) in [6.07, 6.45) is 1.78. The lowest BCUT2D eigenvalue weighted by atomic mass is 10.0. The third-order valence-electron chi connectivity index (χ3n) is 3.01. The summed E-state index contributed by atoms with van der Waals surface area (Å²) < 4.78 is 0.710. The molecule has 0 fully saturated rings. The first-order chi connectivity index (χ1) is 10.1. The molecule has 3 N–H and O–H groups in total. The summed E-state index contributed by atoms with van der Waals surface area (Å²) in [5.74, 6) is 0.264. The molecule has 0 unspecified atom stereocenters. The molecule has 21 heavy (non-hydrogen) atoms. The van der Waals surface area contributed by atoms with Crippen LogP contribution >= 0.6 is 23.1 Å². The molecular formula is C14H18N4OS2. The minimum atomic E-state index is -0.0376. The van der Waals surface area contributed by atoms with E-state index in [1.54, 1.807) is 0 Å². The van der Waals surface area contributed by atoms with Gasteiger partial charge in [0.2, 0.25) is 11.0 Å². The zero-order chi connectivity index (χ0) is 15.2. The lowest BCUT2D eigenvalue weighted by molar-refractivity contribution is -0.113. The zero-order valence-electron chi connectivity index (χ0n) is 12.0. The van der Waals surface area contributed by atoms with E-state index in [-0.39, 0.29) is 5.91 Å². The van der Waals surface area contributed by atoms with Gasteiger partial charge in [0, 0.05) is 5.69 Å². The number of rotatable bonds is 6. The fraction of sp³-hybridized carbons (Fsp3) is 0.357. The van der Waals surface area contributed by atoms with Crippen LogP contribution in [0.2, 0.25) is 0 Å². The molecule has 0 aliphatic heterocycles. The van der Waals surface area contributed by atoms with Crippen molar-refractivity contribution in [2.45, 2.75) is 31.0 Å². The first kappa shape index (κ1) is 15.8. The second kappa shape index (κ2) is 7.42. The summed E-state index contributed by atoms with van der Waals surface area (Å²) in [6, 6.07) is 6.13. The van der Waals surface area contributed by atoms with Gasteiger partial charge < -0.3 is 11.1 Å². The summed E-state index contributed by atoms with van der Waals surface area (Å²) in [6.45, 7) is 4.17. The molecule has 1 heterocycles. The van der Waals surface area contributed by atoms with Crippen LogP contribution in [0, 0.1) is 0 Å². The van der Waals surface area contributed by atoms with Gasteiger partial charge in [0.25, 0.3) is 0 Å². The van der Waals surface area contributed by atoms with Crippen molar-refractivity contribution in [1.29, 1.82) is 0 Å². The zero-order valence-corrected chi connectivity index (χ0v) is 13.7. The molecule has 1 aromatic carbocycles. The van der Waals surface area contributed by atoms with E-state index in [1.165, 1.54) is 23.1 Å². The highest BCUT2D eigenvalue weighted by molar-refractivity contribution is 8.01. The smallest absolute Gasteiger partial charge is 0.234 e. The summed E-state index contributed by atoms with van der Waals surface area (Å²) in [5.41, 5.74) is 8.78. The molecular weight excluding hydrogens is 304 g/mol. The monoisotopic (exact) mass is 322 g/mol. The number of hydrogen-bond acceptors (Lipinski definition) is 6. The van der Waals surface area contributed by atoms with Crippen LogP contribution in [0.25, 0.3) is 0 Å². The van der Waals surface area contributed by atoms with Crippen LogP contribution in [-0.2, 0) is 17.6 Å². The van der Waals surface area contributed by atoms with E-state index in [1.807, 2.05) is 18.2 Å². The van der Waals surface area contributed by atoms with Gasteiger partial charge in [-0.15, -0.1) is 10.2 Å². The number of aryl methyl sites for hydroxylation is 2. The molecule has 0 aliphatic carbocycles. The molecule has 5 nitrogen and oxygen atoms in total. The molecule has 2 rings (SSSR count). The summed E-state index contributed by atoms with van der Waals surface area (Å²) in [5, 5.41) is 11.1. The number of thioether (sulfide) groups is 1. The van der Waals surface area contributed by atoms with Crippen molar-refractivity contribution in [3.63, 3.8) is 0 Å². The summed E-state index contributed by atoms with van der Waals surface area (Å²) in [7, 11) is 0. The first-order valence-electron chi connectivity index (χ1n) is 6.76. The maximum Gasteiger partial charge on any atom is 0.234 e. The Morgan fingerprint density at radius 3 is 2.48 bits per heavy atom. The molecule has 0 bridgehead atoms. The highest BCUT2D eigenvalue weighted by atomic mass is 32.2. The Morgan fingerprint density at radius 1 is 1.29 bits per heavy atom. The van der Waals surface area contributed by atoms with E-state index in [4.69, 9.17) is 5.73 Å². The average molecular weight is 322 g/mol. The molecule has 112 valence electrons. The minimum Gasteiger partial charge on any atom is -0.374 e. The predicted molar refractivity (Wildman–Crippen MR) is 88.9 cm³/mol. The van der Waals surface area contributed by atoms with Gasteiger partial charge in [0.15, 0.2) is 4.34 Å². The van der Waals surface area contributed by atoms with Crippen LogP contribution in [0.4, 0.5) is 10.8 Å². The maximum atomic E-state index is 12.1. The molecule has 1 amide bonds. The Balaban J connectivity index is 2.02. The lowest BCUT2D eigenvalue weighted by Crippen LogP contribution is -2.16. The van der Waals surface area contributed by atoms with Crippen LogP contribution in [0.5, 0.6) is 0 Å². The van der Waals surface area contributed by atoms with Gasteiger partial charge in [0.1, 0.15) is 0 Å². The van der Waals surface area contributed by atoms with E-state index in [9.17, 15) is 4.79 Å². The van der Waals surface area contributed by atoms with Crippen LogP contribution in [0.3, 0.4) is 0 Å². The van der Waals surface area contributed by atoms with Crippen molar-refractivity contribution >= 4 is 39.8 Å². The number of hydrogen-bond donors (Lipinski definition) is 2. The van der Waals surface area contributed by atoms with Gasteiger partial charge in [-0.1, -0.05) is 55.1 Å². The molecule has 7 heteroatoms. The Kier molecular flexibility index (Phi) is 5.58. The van der Waals surface area contributed by atoms with Gasteiger partial charge in [-0.2, -0.15) is 0 Å². The first-order valence-corrected chi connectivity index (χ1v) is 8.56. The van der Waals surface area contributed by atoms with E-state index in [0.717, 1.165) is 29.7 Å². The molecule has 2 aromatic rings. The Labute approximate surface area is 132 Å². The molecule has 0 saturated heterocycles. The number of nitrogens with zero attached hydrogens (tertiary/aromatic N) is 2. The van der Waals surface area contributed by atoms with E-state index < -0.39 is 0 Å². The Bertz CT molecular complexity index is 605. The number of nitrogens with two attached hydrogens (primary N) is 1. The van der Waals surface area contributed by atoms with Crippen LogP contribution in [0.15, 0.2) is 22.5 Å². The fourth-order valence-electron chi connectivity index (χ4n) is 1.98. The second-order valence-electron chi connectivity index (χ2n) is 4.40. The maximum absolute atomic E-state index is 12.1. The number of carbonyl (C=O) groups is 1. The number of amides is 1. The van der Waals surface area contributed by atoms with E-state index in [0.29, 0.717) is 15.2 Å². The van der Waals surface area contributed by atoms with E-state index in [2.05, 4.69) is 29.4 Å². The van der Waals surface area contributed by atoms with Gasteiger partial charge >= 0.3 is 0 Å². The quantitative estimate of drug-likeness (QED) is 0.799. The number of aromatic nitrogens is 2. The second-order valence-corrected chi connectivity index (χ2v) is 6.63. The number of nitrogen functional groups attached to an aromatic ring is 1. The summed E-state index contributed by atoms with van der Waals surface area (Å²) >= 11 is 2.64.